The number of amides is 1. The fourth-order valence-electron chi connectivity index (χ4n) is 3.48. The third-order valence-electron chi connectivity index (χ3n) is 5.11. The van der Waals surface area contributed by atoms with Gasteiger partial charge in [0.1, 0.15) is 0 Å². The zero-order valence-electron chi connectivity index (χ0n) is 14.6. The van der Waals surface area contributed by atoms with Crippen LogP contribution in [0.3, 0.4) is 0 Å². The van der Waals surface area contributed by atoms with Crippen molar-refractivity contribution in [3.63, 3.8) is 0 Å². The second kappa shape index (κ2) is 6.76. The number of pyridine rings is 1. The highest BCUT2D eigenvalue weighted by atomic mass is 35.5. The Kier molecular flexibility index (Phi) is 4.45. The molecule has 1 aliphatic heterocycles. The first-order valence-corrected chi connectivity index (χ1v) is 9.40. The number of hydrogen-bond donors (Lipinski definition) is 2. The molecule has 0 unspecified atom stereocenters. The van der Waals surface area contributed by atoms with Gasteiger partial charge in [-0.25, -0.2) is 0 Å². The highest BCUT2D eigenvalue weighted by Gasteiger charge is 2.26. The zero-order chi connectivity index (χ0) is 18.3. The number of carbonyl (C=O) groups is 1. The lowest BCUT2D eigenvalue weighted by molar-refractivity contribution is -0.119. The van der Waals surface area contributed by atoms with Gasteiger partial charge in [-0.1, -0.05) is 29.8 Å². The fraction of sp³-hybridized carbons (Fsp3) is 0.333. The summed E-state index contributed by atoms with van der Waals surface area (Å²) in [6.07, 6.45) is 5.52. The standard InChI is InChI=1S/C21H21ClN2O2/c1-12-10-14(4-7-18(12)22)17(11-15-5-9-20(25)23-15)19-8-6-16(13-2-3-13)21(26)24-19/h4,6-8,10-11,13,15H,2-3,5,9H2,1H3,(H,23,25)(H,24,26)/b17-11-/t15-/m1/s1. The smallest absolute Gasteiger partial charge is 0.251 e. The molecule has 2 N–H and O–H groups in total. The van der Waals surface area contributed by atoms with Crippen molar-refractivity contribution in [1.82, 2.24) is 10.3 Å². The number of aromatic nitrogens is 1. The molecule has 2 heterocycles. The van der Waals surface area contributed by atoms with E-state index < -0.39 is 0 Å². The minimum atomic E-state index is -0.0277. The van der Waals surface area contributed by atoms with Crippen molar-refractivity contribution in [2.75, 3.05) is 0 Å². The third kappa shape index (κ3) is 3.47. The monoisotopic (exact) mass is 368 g/mol. The van der Waals surface area contributed by atoms with Gasteiger partial charge in [-0.05, 0) is 61.4 Å². The first-order chi connectivity index (χ1) is 12.5. The zero-order valence-corrected chi connectivity index (χ0v) is 15.4. The minimum absolute atomic E-state index is 0.0166. The Bertz CT molecular complexity index is 957. The van der Waals surface area contributed by atoms with Crippen LogP contribution in [0.15, 0.2) is 41.2 Å². The number of carbonyl (C=O) groups excluding carboxylic acids is 1. The fourth-order valence-corrected chi connectivity index (χ4v) is 3.59. The van der Waals surface area contributed by atoms with Crippen molar-refractivity contribution in [3.05, 3.63) is 74.2 Å². The lowest BCUT2D eigenvalue weighted by atomic mass is 9.97. The number of rotatable bonds is 4. The van der Waals surface area contributed by atoms with Crippen molar-refractivity contribution in [2.24, 2.45) is 0 Å². The lowest BCUT2D eigenvalue weighted by Gasteiger charge is -2.14. The van der Waals surface area contributed by atoms with Gasteiger partial charge in [-0.15, -0.1) is 0 Å². The summed E-state index contributed by atoms with van der Waals surface area (Å²) < 4.78 is 0. The van der Waals surface area contributed by atoms with Crippen molar-refractivity contribution < 1.29 is 4.79 Å². The van der Waals surface area contributed by atoms with Crippen LogP contribution in [0, 0.1) is 6.92 Å². The maximum Gasteiger partial charge on any atom is 0.251 e. The van der Waals surface area contributed by atoms with Crippen LogP contribution in [0.1, 0.15) is 54.0 Å². The van der Waals surface area contributed by atoms with Gasteiger partial charge in [0.15, 0.2) is 0 Å². The van der Waals surface area contributed by atoms with Gasteiger partial charge < -0.3 is 10.3 Å². The Hall–Kier alpha value is -2.33. The van der Waals surface area contributed by atoms with E-state index in [-0.39, 0.29) is 17.5 Å². The number of halogens is 1. The molecule has 0 spiro atoms. The van der Waals surface area contributed by atoms with Gasteiger partial charge in [0.25, 0.3) is 5.56 Å². The number of aryl methyl sites for hydroxylation is 1. The second-order valence-corrected chi connectivity index (χ2v) is 7.59. The number of H-pyrrole nitrogens is 1. The summed E-state index contributed by atoms with van der Waals surface area (Å²) in [6, 6.07) is 9.71. The highest BCUT2D eigenvalue weighted by Crippen LogP contribution is 2.38. The molecule has 2 aromatic rings. The Morgan fingerprint density at radius 2 is 1.96 bits per heavy atom. The molecule has 2 aliphatic rings. The molecule has 1 atom stereocenters. The summed E-state index contributed by atoms with van der Waals surface area (Å²) in [5.41, 5.74) is 4.48. The van der Waals surface area contributed by atoms with Crippen LogP contribution in [0.2, 0.25) is 5.02 Å². The summed E-state index contributed by atoms with van der Waals surface area (Å²) in [5, 5.41) is 3.68. The molecule has 4 rings (SSSR count). The van der Waals surface area contributed by atoms with Crippen LogP contribution >= 0.6 is 11.6 Å². The average Bonchev–Trinajstić information content (AvgIpc) is 3.37. The van der Waals surface area contributed by atoms with Crippen LogP contribution in [-0.4, -0.2) is 16.9 Å². The van der Waals surface area contributed by atoms with Crippen molar-refractivity contribution in [1.29, 1.82) is 0 Å². The molecule has 0 radical (unpaired) electrons. The molecule has 2 fully saturated rings. The number of hydrogen-bond acceptors (Lipinski definition) is 2. The Morgan fingerprint density at radius 3 is 2.58 bits per heavy atom. The molecule has 1 amide bonds. The first kappa shape index (κ1) is 17.1. The second-order valence-electron chi connectivity index (χ2n) is 7.19. The molecule has 5 heteroatoms. The number of nitrogens with one attached hydrogen (secondary N) is 2. The van der Waals surface area contributed by atoms with Crippen molar-refractivity contribution >= 4 is 23.1 Å². The van der Waals surface area contributed by atoms with Crippen LogP contribution < -0.4 is 10.9 Å². The Labute approximate surface area is 157 Å². The molecular weight excluding hydrogens is 348 g/mol. The van der Waals surface area contributed by atoms with E-state index in [0.717, 1.165) is 47.2 Å². The molecule has 0 bridgehead atoms. The van der Waals surface area contributed by atoms with E-state index in [1.807, 2.05) is 43.3 Å². The highest BCUT2D eigenvalue weighted by molar-refractivity contribution is 6.31. The van der Waals surface area contributed by atoms with Crippen molar-refractivity contribution in [3.8, 4) is 0 Å². The molecule has 134 valence electrons. The van der Waals surface area contributed by atoms with E-state index in [4.69, 9.17) is 11.6 Å². The first-order valence-electron chi connectivity index (χ1n) is 9.02. The predicted molar refractivity (Wildman–Crippen MR) is 103 cm³/mol. The van der Waals surface area contributed by atoms with Gasteiger partial charge in [0.2, 0.25) is 5.91 Å². The average molecular weight is 369 g/mol. The largest absolute Gasteiger partial charge is 0.350 e. The molecule has 1 aromatic carbocycles. The Balaban J connectivity index is 1.78. The summed E-state index contributed by atoms with van der Waals surface area (Å²) in [7, 11) is 0. The summed E-state index contributed by atoms with van der Waals surface area (Å²) in [4.78, 5) is 27.1. The van der Waals surface area contributed by atoms with Crippen LogP contribution in [0.25, 0.3) is 5.57 Å². The molecule has 1 aliphatic carbocycles. The summed E-state index contributed by atoms with van der Waals surface area (Å²) >= 11 is 6.17. The van der Waals surface area contributed by atoms with Gasteiger partial charge >= 0.3 is 0 Å². The van der Waals surface area contributed by atoms with Crippen LogP contribution in [0.4, 0.5) is 0 Å². The van der Waals surface area contributed by atoms with Gasteiger partial charge in [0.05, 0.1) is 0 Å². The molecule has 4 nitrogen and oxygen atoms in total. The normalized spacial score (nSPS) is 20.3. The maximum absolute atomic E-state index is 12.5. The molecular formula is C21H21ClN2O2. The molecule has 1 saturated heterocycles. The topological polar surface area (TPSA) is 62.0 Å². The van der Waals surface area contributed by atoms with E-state index in [9.17, 15) is 9.59 Å². The number of benzene rings is 1. The van der Waals surface area contributed by atoms with Crippen LogP contribution in [-0.2, 0) is 4.79 Å². The summed E-state index contributed by atoms with van der Waals surface area (Å²) in [6.45, 7) is 1.96. The minimum Gasteiger partial charge on any atom is -0.350 e. The molecule has 26 heavy (non-hydrogen) atoms. The quantitative estimate of drug-likeness (QED) is 0.859. The number of aromatic amines is 1. The van der Waals surface area contributed by atoms with E-state index in [2.05, 4.69) is 10.3 Å². The molecule has 1 saturated carbocycles. The van der Waals surface area contributed by atoms with Gasteiger partial charge in [-0.2, -0.15) is 0 Å². The van der Waals surface area contributed by atoms with E-state index >= 15 is 0 Å². The third-order valence-corrected chi connectivity index (χ3v) is 5.54. The SMILES string of the molecule is Cc1cc(/C(=C/[C@H]2CCC(=O)N2)c2ccc(C3CC3)c(=O)[nH]2)ccc1Cl. The van der Waals surface area contributed by atoms with Crippen molar-refractivity contribution in [2.45, 2.75) is 44.6 Å². The molecule has 1 aromatic heterocycles. The maximum atomic E-state index is 12.5. The van der Waals surface area contributed by atoms with Gasteiger partial charge in [0, 0.05) is 34.3 Å². The van der Waals surface area contributed by atoms with E-state index in [0.29, 0.717) is 17.4 Å². The predicted octanol–water partition coefficient (Wildman–Crippen LogP) is 3.92. The van der Waals surface area contributed by atoms with E-state index in [1.165, 1.54) is 0 Å². The Morgan fingerprint density at radius 1 is 1.15 bits per heavy atom. The van der Waals surface area contributed by atoms with Gasteiger partial charge in [-0.3, -0.25) is 9.59 Å². The van der Waals surface area contributed by atoms with Crippen LogP contribution in [0.5, 0.6) is 0 Å². The summed E-state index contributed by atoms with van der Waals surface area (Å²) in [5.74, 6) is 0.475. The lowest BCUT2D eigenvalue weighted by Crippen LogP contribution is -2.23. The van der Waals surface area contributed by atoms with E-state index in [1.54, 1.807) is 0 Å².